The number of carboxylic acid groups (broad SMARTS) is 1. The second-order valence-corrected chi connectivity index (χ2v) is 4.93. The van der Waals surface area contributed by atoms with Gasteiger partial charge in [0.1, 0.15) is 0 Å². The van der Waals surface area contributed by atoms with Gasteiger partial charge in [0.05, 0.1) is 12.6 Å². The van der Waals surface area contributed by atoms with E-state index in [0.29, 0.717) is 32.6 Å². The van der Waals surface area contributed by atoms with Crippen molar-refractivity contribution in [1.82, 2.24) is 9.80 Å². The van der Waals surface area contributed by atoms with Gasteiger partial charge in [-0.3, -0.25) is 9.69 Å². The van der Waals surface area contributed by atoms with Crippen molar-refractivity contribution >= 4 is 11.9 Å². The number of ether oxygens (including phenoxy) is 1. The molecule has 0 aromatic rings. The van der Waals surface area contributed by atoms with Crippen molar-refractivity contribution in [2.24, 2.45) is 0 Å². The van der Waals surface area contributed by atoms with Crippen LogP contribution in [0.2, 0.25) is 0 Å². The molecule has 1 aliphatic heterocycles. The van der Waals surface area contributed by atoms with Gasteiger partial charge in [0, 0.05) is 19.6 Å². The smallest absolute Gasteiger partial charge is 0.332 e. The van der Waals surface area contributed by atoms with E-state index in [1.165, 1.54) is 0 Å². The van der Waals surface area contributed by atoms with Crippen LogP contribution < -0.4 is 0 Å². The minimum absolute atomic E-state index is 0.0874. The Balaban J connectivity index is 2.34. The molecule has 19 heavy (non-hydrogen) atoms. The summed E-state index contributed by atoms with van der Waals surface area (Å²) in [4.78, 5) is 26.4. The first-order chi connectivity index (χ1) is 8.97. The molecular weight excluding hydrogens is 248 g/mol. The summed E-state index contributed by atoms with van der Waals surface area (Å²) in [6, 6.07) is 0. The summed E-state index contributed by atoms with van der Waals surface area (Å²) in [6.07, 6.45) is 0.519. The zero-order valence-corrected chi connectivity index (χ0v) is 12.0. The number of hydrogen-bond acceptors (Lipinski definition) is 4. The summed E-state index contributed by atoms with van der Waals surface area (Å²) in [5.41, 5.74) is 0. The van der Waals surface area contributed by atoms with E-state index < -0.39 is 12.1 Å². The molecule has 6 heteroatoms. The Hall–Kier alpha value is -1.14. The molecule has 1 aliphatic rings. The van der Waals surface area contributed by atoms with Crippen molar-refractivity contribution in [3.05, 3.63) is 0 Å². The maximum Gasteiger partial charge on any atom is 0.332 e. The summed E-state index contributed by atoms with van der Waals surface area (Å²) in [6.45, 7) is 6.28. The van der Waals surface area contributed by atoms with Crippen molar-refractivity contribution in [2.45, 2.75) is 38.9 Å². The molecule has 1 fully saturated rings. The van der Waals surface area contributed by atoms with Crippen LogP contribution in [0.15, 0.2) is 0 Å². The summed E-state index contributed by atoms with van der Waals surface area (Å²) in [5, 5.41) is 8.85. The van der Waals surface area contributed by atoms with Gasteiger partial charge in [-0.15, -0.1) is 0 Å². The zero-order valence-electron chi connectivity index (χ0n) is 12.0. The highest BCUT2D eigenvalue weighted by Gasteiger charge is 2.31. The number of amides is 1. The van der Waals surface area contributed by atoms with Gasteiger partial charge in [-0.2, -0.15) is 0 Å². The van der Waals surface area contributed by atoms with Crippen molar-refractivity contribution in [1.29, 1.82) is 0 Å². The lowest BCUT2D eigenvalue weighted by Gasteiger charge is -2.24. The standard InChI is InChI=1S/C13H24N2O4/c1-4-15(5-2)12(16)9-14(3)8-10-6-7-11(19-10)13(17)18/h10-11H,4-9H2,1-3H3,(H,17,18). The highest BCUT2D eigenvalue weighted by Crippen LogP contribution is 2.20. The molecule has 0 saturated carbocycles. The van der Waals surface area contributed by atoms with Crippen LogP contribution in [-0.2, 0) is 14.3 Å². The molecule has 6 nitrogen and oxygen atoms in total. The molecule has 1 amide bonds. The Labute approximate surface area is 114 Å². The maximum absolute atomic E-state index is 11.9. The van der Waals surface area contributed by atoms with Crippen LogP contribution in [0.3, 0.4) is 0 Å². The molecule has 1 rings (SSSR count). The first-order valence-electron chi connectivity index (χ1n) is 6.82. The quantitative estimate of drug-likeness (QED) is 0.727. The summed E-state index contributed by atoms with van der Waals surface area (Å²) in [5.74, 6) is -0.801. The Bertz CT molecular complexity index is 318. The third-order valence-electron chi connectivity index (χ3n) is 3.42. The van der Waals surface area contributed by atoms with Crippen molar-refractivity contribution in [2.75, 3.05) is 33.2 Å². The number of likely N-dealkylation sites (N-methyl/N-ethyl adjacent to an activating group) is 2. The Kier molecular flexibility index (Phi) is 6.24. The number of carbonyl (C=O) groups excluding carboxylic acids is 1. The van der Waals surface area contributed by atoms with Crippen LogP contribution >= 0.6 is 0 Å². The normalized spacial score (nSPS) is 22.7. The Morgan fingerprint density at radius 2 is 1.89 bits per heavy atom. The van der Waals surface area contributed by atoms with E-state index in [1.54, 1.807) is 4.90 Å². The molecule has 2 atom stereocenters. The third kappa shape index (κ3) is 4.80. The van der Waals surface area contributed by atoms with E-state index in [4.69, 9.17) is 9.84 Å². The molecule has 2 unspecified atom stereocenters. The fraction of sp³-hybridized carbons (Fsp3) is 0.846. The molecule has 0 spiro atoms. The molecule has 1 saturated heterocycles. The predicted octanol–water partition coefficient (Wildman–Crippen LogP) is 0.419. The summed E-state index contributed by atoms with van der Waals surface area (Å²) >= 11 is 0. The second kappa shape index (κ2) is 7.45. The molecule has 0 aromatic carbocycles. The van der Waals surface area contributed by atoms with Gasteiger partial charge >= 0.3 is 5.97 Å². The van der Waals surface area contributed by atoms with E-state index in [-0.39, 0.29) is 12.0 Å². The highest BCUT2D eigenvalue weighted by molar-refractivity contribution is 5.78. The third-order valence-corrected chi connectivity index (χ3v) is 3.42. The SMILES string of the molecule is CCN(CC)C(=O)CN(C)CC1CCC(C(=O)O)O1. The largest absolute Gasteiger partial charge is 0.479 e. The lowest BCUT2D eigenvalue weighted by atomic mass is 10.2. The Morgan fingerprint density at radius 3 is 2.37 bits per heavy atom. The highest BCUT2D eigenvalue weighted by atomic mass is 16.5. The number of hydrogen-bond donors (Lipinski definition) is 1. The molecule has 1 N–H and O–H groups in total. The van der Waals surface area contributed by atoms with E-state index in [9.17, 15) is 9.59 Å². The van der Waals surface area contributed by atoms with Crippen LogP contribution in [0.4, 0.5) is 0 Å². The van der Waals surface area contributed by atoms with E-state index in [2.05, 4.69) is 0 Å². The minimum Gasteiger partial charge on any atom is -0.479 e. The molecular formula is C13H24N2O4. The molecule has 0 radical (unpaired) electrons. The van der Waals surface area contributed by atoms with Crippen LogP contribution in [0.25, 0.3) is 0 Å². The molecule has 110 valence electrons. The first kappa shape index (κ1) is 15.9. The Morgan fingerprint density at radius 1 is 1.26 bits per heavy atom. The van der Waals surface area contributed by atoms with Gasteiger partial charge in [0.15, 0.2) is 6.10 Å². The fourth-order valence-corrected chi connectivity index (χ4v) is 2.34. The topological polar surface area (TPSA) is 70.1 Å². The summed E-state index contributed by atoms with van der Waals surface area (Å²) in [7, 11) is 1.86. The van der Waals surface area contributed by atoms with Gasteiger partial charge in [0.2, 0.25) is 5.91 Å². The average molecular weight is 272 g/mol. The predicted molar refractivity (Wildman–Crippen MR) is 71.0 cm³/mol. The van der Waals surface area contributed by atoms with Crippen LogP contribution in [0.1, 0.15) is 26.7 Å². The number of carbonyl (C=O) groups is 2. The van der Waals surface area contributed by atoms with E-state index in [0.717, 1.165) is 6.42 Å². The number of carboxylic acids is 1. The molecule has 0 bridgehead atoms. The fourth-order valence-electron chi connectivity index (χ4n) is 2.34. The first-order valence-corrected chi connectivity index (χ1v) is 6.82. The van der Waals surface area contributed by atoms with Crippen LogP contribution in [-0.4, -0.2) is 72.2 Å². The lowest BCUT2D eigenvalue weighted by molar-refractivity contribution is -0.150. The molecule has 1 heterocycles. The van der Waals surface area contributed by atoms with Gasteiger partial charge in [-0.25, -0.2) is 4.79 Å². The molecule has 0 aromatic heterocycles. The maximum atomic E-state index is 11.9. The van der Waals surface area contributed by atoms with Gasteiger partial charge in [0.25, 0.3) is 0 Å². The van der Waals surface area contributed by atoms with Gasteiger partial charge in [-0.1, -0.05) is 0 Å². The summed E-state index contributed by atoms with van der Waals surface area (Å²) < 4.78 is 5.42. The lowest BCUT2D eigenvalue weighted by Crippen LogP contribution is -2.41. The average Bonchev–Trinajstić information content (AvgIpc) is 2.78. The van der Waals surface area contributed by atoms with Crippen LogP contribution in [0.5, 0.6) is 0 Å². The minimum atomic E-state index is -0.899. The second-order valence-electron chi connectivity index (χ2n) is 4.93. The number of nitrogens with zero attached hydrogens (tertiary/aromatic N) is 2. The number of aliphatic carboxylic acids is 1. The van der Waals surface area contributed by atoms with Gasteiger partial charge in [-0.05, 0) is 33.7 Å². The van der Waals surface area contributed by atoms with Gasteiger partial charge < -0.3 is 14.7 Å². The van der Waals surface area contributed by atoms with Crippen LogP contribution in [0, 0.1) is 0 Å². The monoisotopic (exact) mass is 272 g/mol. The van der Waals surface area contributed by atoms with E-state index >= 15 is 0 Å². The van der Waals surface area contributed by atoms with Crippen molar-refractivity contribution in [3.8, 4) is 0 Å². The van der Waals surface area contributed by atoms with E-state index in [1.807, 2.05) is 25.8 Å². The molecule has 0 aliphatic carbocycles. The van der Waals surface area contributed by atoms with Crippen molar-refractivity contribution < 1.29 is 19.4 Å². The zero-order chi connectivity index (χ0) is 14.4. The van der Waals surface area contributed by atoms with Crippen molar-refractivity contribution in [3.63, 3.8) is 0 Å². The number of rotatable bonds is 7.